The van der Waals surface area contributed by atoms with Crippen LogP contribution >= 0.6 is 27.7 Å². The number of non-ortho nitro benzene ring substituents is 1. The Morgan fingerprint density at radius 3 is 2.75 bits per heavy atom. The molecule has 126 valence electrons. The highest BCUT2D eigenvalue weighted by Gasteiger charge is 2.51. The molecule has 2 atom stereocenters. The number of nitro benzene ring substituents is 1. The number of hydrogen-bond donors (Lipinski definition) is 1. The Morgan fingerprint density at radius 2 is 2.12 bits per heavy atom. The molecule has 0 radical (unpaired) electrons. The van der Waals surface area contributed by atoms with Gasteiger partial charge in [-0.25, -0.2) is 4.79 Å². The van der Waals surface area contributed by atoms with E-state index in [4.69, 9.17) is 10.5 Å². The lowest BCUT2D eigenvalue weighted by Gasteiger charge is -2.47. The number of esters is 1. The molecule has 2 aliphatic rings. The molecule has 0 aromatic heterocycles. The quantitative estimate of drug-likeness (QED) is 0.343. The third-order valence-corrected chi connectivity index (χ3v) is 6.00. The van der Waals surface area contributed by atoms with Crippen LogP contribution in [0.2, 0.25) is 0 Å². The van der Waals surface area contributed by atoms with Gasteiger partial charge in [-0.1, -0.05) is 15.9 Å². The van der Waals surface area contributed by atoms with Gasteiger partial charge in [-0.05, 0) is 17.7 Å². The van der Waals surface area contributed by atoms with E-state index < -0.39 is 16.9 Å². The number of carbonyl (C=O) groups excluding carboxylic acids is 2. The van der Waals surface area contributed by atoms with Crippen LogP contribution in [-0.4, -0.2) is 38.9 Å². The lowest BCUT2D eigenvalue weighted by atomic mass is 10.1. The number of nitro groups is 1. The minimum atomic E-state index is -0.634. The summed E-state index contributed by atoms with van der Waals surface area (Å²) in [4.78, 5) is 35.7. The zero-order chi connectivity index (χ0) is 17.4. The maximum Gasteiger partial charge on any atom is 0.356 e. The number of rotatable bonds is 4. The molecule has 2 aliphatic heterocycles. The van der Waals surface area contributed by atoms with E-state index in [2.05, 4.69) is 15.9 Å². The second-order valence-electron chi connectivity index (χ2n) is 5.19. The number of benzene rings is 1. The summed E-state index contributed by atoms with van der Waals surface area (Å²) in [5.41, 5.74) is 6.48. The average Bonchev–Trinajstić information content (AvgIpc) is 2.59. The highest BCUT2D eigenvalue weighted by Crippen LogP contribution is 2.41. The fourth-order valence-electron chi connectivity index (χ4n) is 2.40. The van der Waals surface area contributed by atoms with Crippen molar-refractivity contribution in [3.05, 3.63) is 50.1 Å². The van der Waals surface area contributed by atoms with Crippen molar-refractivity contribution < 1.29 is 19.2 Å². The molecule has 2 heterocycles. The molecule has 1 saturated heterocycles. The second-order valence-corrected chi connectivity index (χ2v) is 7.25. The zero-order valence-corrected chi connectivity index (χ0v) is 14.6. The van der Waals surface area contributed by atoms with Gasteiger partial charge in [0, 0.05) is 22.4 Å². The van der Waals surface area contributed by atoms with Gasteiger partial charge in [-0.3, -0.25) is 19.8 Å². The van der Waals surface area contributed by atoms with Gasteiger partial charge in [0.2, 0.25) is 5.91 Å². The summed E-state index contributed by atoms with van der Waals surface area (Å²) in [5.74, 6) is -0.415. The Bertz CT molecular complexity index is 751. The fraction of sp³-hybridized carbons (Fsp3) is 0.286. The normalized spacial score (nSPS) is 22.8. The molecule has 1 unspecified atom stereocenters. The third-order valence-electron chi connectivity index (χ3n) is 3.67. The van der Waals surface area contributed by atoms with Crippen molar-refractivity contribution in [3.63, 3.8) is 0 Å². The minimum absolute atomic E-state index is 0.0390. The molecule has 2 N–H and O–H groups in total. The average molecular weight is 414 g/mol. The monoisotopic (exact) mass is 413 g/mol. The predicted molar refractivity (Wildman–Crippen MR) is 89.9 cm³/mol. The van der Waals surface area contributed by atoms with E-state index in [1.54, 1.807) is 0 Å². The Balaban J connectivity index is 1.68. The topological polar surface area (TPSA) is 116 Å². The Kier molecular flexibility index (Phi) is 4.61. The number of thioether (sulfide) groups is 1. The lowest BCUT2D eigenvalue weighted by molar-refractivity contribution is -0.384. The summed E-state index contributed by atoms with van der Waals surface area (Å²) in [6.07, 6.45) is 0. The number of nitrogens with zero attached hydrogens (tertiary/aromatic N) is 2. The van der Waals surface area contributed by atoms with Crippen molar-refractivity contribution in [1.29, 1.82) is 0 Å². The number of amides is 1. The summed E-state index contributed by atoms with van der Waals surface area (Å²) >= 11 is 4.78. The fourth-order valence-corrected chi connectivity index (χ4v) is 4.29. The van der Waals surface area contributed by atoms with Gasteiger partial charge in [0.15, 0.2) is 0 Å². The summed E-state index contributed by atoms with van der Waals surface area (Å²) < 4.78 is 5.82. The second kappa shape index (κ2) is 6.54. The highest BCUT2D eigenvalue weighted by molar-refractivity contribution is 9.11. The molecular formula is C14H12BrN3O5S. The van der Waals surface area contributed by atoms with Gasteiger partial charge in [0.25, 0.3) is 5.69 Å². The third kappa shape index (κ3) is 2.92. The van der Waals surface area contributed by atoms with E-state index in [9.17, 15) is 19.7 Å². The first-order valence-corrected chi connectivity index (χ1v) is 8.73. The predicted octanol–water partition coefficient (Wildman–Crippen LogP) is 1.49. The van der Waals surface area contributed by atoms with Crippen molar-refractivity contribution in [2.24, 2.45) is 5.73 Å². The molecule has 24 heavy (non-hydrogen) atoms. The summed E-state index contributed by atoms with van der Waals surface area (Å²) in [5, 5.41) is 10.4. The summed E-state index contributed by atoms with van der Waals surface area (Å²) in [6.45, 7) is -0.0491. The van der Waals surface area contributed by atoms with Gasteiger partial charge in [-0.2, -0.15) is 0 Å². The highest BCUT2D eigenvalue weighted by atomic mass is 79.9. The first-order valence-electron chi connectivity index (χ1n) is 6.89. The van der Waals surface area contributed by atoms with Gasteiger partial charge in [0.05, 0.1) is 4.92 Å². The number of halogens is 1. The van der Waals surface area contributed by atoms with Crippen LogP contribution in [0.5, 0.6) is 0 Å². The number of hydrogen-bond acceptors (Lipinski definition) is 7. The Labute approximate surface area is 149 Å². The van der Waals surface area contributed by atoms with E-state index in [1.807, 2.05) is 0 Å². The van der Waals surface area contributed by atoms with Gasteiger partial charge in [-0.15, -0.1) is 11.8 Å². The number of nitrogens with two attached hydrogens (primary N) is 1. The SMILES string of the molecule is NC1C(=O)N2C(C(=O)OCc3ccc([N+](=O)[O-])cc3)=C(Br)CS[C@H]12. The van der Waals surface area contributed by atoms with Crippen LogP contribution < -0.4 is 5.73 Å². The van der Waals surface area contributed by atoms with Crippen LogP contribution in [-0.2, 0) is 20.9 Å². The van der Waals surface area contributed by atoms with E-state index in [0.29, 0.717) is 15.8 Å². The molecular weight excluding hydrogens is 402 g/mol. The van der Waals surface area contributed by atoms with Crippen LogP contribution in [0.15, 0.2) is 34.4 Å². The largest absolute Gasteiger partial charge is 0.456 e. The first kappa shape index (κ1) is 16.9. The van der Waals surface area contributed by atoms with E-state index in [-0.39, 0.29) is 29.3 Å². The van der Waals surface area contributed by atoms with Crippen molar-refractivity contribution >= 4 is 45.3 Å². The number of ether oxygens (including phenoxy) is 1. The Morgan fingerprint density at radius 1 is 1.46 bits per heavy atom. The lowest BCUT2D eigenvalue weighted by Crippen LogP contribution is -2.68. The van der Waals surface area contributed by atoms with Crippen LogP contribution in [0.3, 0.4) is 0 Å². The van der Waals surface area contributed by atoms with Gasteiger partial charge < -0.3 is 10.5 Å². The van der Waals surface area contributed by atoms with Crippen LogP contribution in [0.4, 0.5) is 5.69 Å². The first-order chi connectivity index (χ1) is 11.4. The maximum atomic E-state index is 12.3. The van der Waals surface area contributed by atoms with Crippen LogP contribution in [0.25, 0.3) is 0 Å². The zero-order valence-electron chi connectivity index (χ0n) is 12.2. The molecule has 1 fully saturated rings. The van der Waals surface area contributed by atoms with E-state index in [1.165, 1.54) is 40.9 Å². The summed E-state index contributed by atoms with van der Waals surface area (Å²) in [6, 6.07) is 5.10. The molecule has 0 bridgehead atoms. The summed E-state index contributed by atoms with van der Waals surface area (Å²) in [7, 11) is 0. The molecule has 10 heteroatoms. The van der Waals surface area contributed by atoms with Gasteiger partial charge in [0.1, 0.15) is 23.7 Å². The molecule has 1 aromatic carbocycles. The van der Waals surface area contributed by atoms with Crippen molar-refractivity contribution in [3.8, 4) is 0 Å². The van der Waals surface area contributed by atoms with Crippen molar-refractivity contribution in [2.75, 3.05) is 5.75 Å². The smallest absolute Gasteiger partial charge is 0.356 e. The number of β-lactam (4-membered cyclic amide) rings is 1. The molecule has 8 nitrogen and oxygen atoms in total. The molecule has 0 saturated carbocycles. The molecule has 0 aliphatic carbocycles. The van der Waals surface area contributed by atoms with E-state index in [0.717, 1.165) is 0 Å². The number of fused-ring (bicyclic) bond motifs is 1. The van der Waals surface area contributed by atoms with Crippen molar-refractivity contribution in [1.82, 2.24) is 4.90 Å². The minimum Gasteiger partial charge on any atom is -0.456 e. The van der Waals surface area contributed by atoms with E-state index >= 15 is 0 Å². The Hall–Kier alpha value is -1.91. The molecule has 3 rings (SSSR count). The standard InChI is InChI=1S/C14H12BrN3O5S/c15-9-6-24-13-10(16)12(19)17(13)11(9)14(20)23-5-7-1-3-8(4-2-7)18(21)22/h1-4,10,13H,5-6,16H2/t10?,13-/m1/s1. The number of carbonyl (C=O) groups is 2. The van der Waals surface area contributed by atoms with Gasteiger partial charge >= 0.3 is 5.97 Å². The molecule has 0 spiro atoms. The van der Waals surface area contributed by atoms with Crippen molar-refractivity contribution in [2.45, 2.75) is 18.0 Å². The van der Waals surface area contributed by atoms with Crippen LogP contribution in [0, 0.1) is 10.1 Å². The molecule has 1 aromatic rings. The molecule has 1 amide bonds. The van der Waals surface area contributed by atoms with Crippen LogP contribution in [0.1, 0.15) is 5.56 Å². The maximum absolute atomic E-state index is 12.3.